The molecule has 0 fully saturated rings. The van der Waals surface area contributed by atoms with Crippen LogP contribution in [0.3, 0.4) is 0 Å². The van der Waals surface area contributed by atoms with Crippen LogP contribution in [0.15, 0.2) is 346 Å². The van der Waals surface area contributed by atoms with Crippen molar-refractivity contribution in [3.05, 3.63) is 390 Å². The predicted molar refractivity (Wildman–Crippen MR) is 368 cm³/mol. The molecule has 88 heavy (non-hydrogen) atoms. The van der Waals surface area contributed by atoms with E-state index < -0.39 is 18.9 Å². The molecule has 1 unspecified atom stereocenters. The quantitative estimate of drug-likeness (QED) is 0.130. The monoisotopic (exact) mass is 1130 g/mol. The lowest BCUT2D eigenvalue weighted by Gasteiger charge is -2.34. The Balaban J connectivity index is 0.846. The van der Waals surface area contributed by atoms with E-state index >= 15 is 0 Å². The molecule has 0 bridgehead atoms. The lowest BCUT2D eigenvalue weighted by Crippen LogP contribution is -2.72. The molecule has 1 nitrogen and oxygen atoms in total. The van der Waals surface area contributed by atoms with Crippen molar-refractivity contribution >= 4 is 45.9 Å². The molecule has 410 valence electrons. The van der Waals surface area contributed by atoms with Gasteiger partial charge in [-0.25, -0.2) is 0 Å². The van der Waals surface area contributed by atoms with Crippen molar-refractivity contribution in [2.45, 2.75) is 10.8 Å². The molecule has 0 radical (unpaired) electrons. The molecule has 0 saturated carbocycles. The van der Waals surface area contributed by atoms with E-state index in [-0.39, 0.29) is 0 Å². The van der Waals surface area contributed by atoms with Crippen molar-refractivity contribution in [2.24, 2.45) is 0 Å². The van der Waals surface area contributed by atoms with Gasteiger partial charge in [-0.1, -0.05) is 303 Å². The molecule has 4 aliphatic rings. The summed E-state index contributed by atoms with van der Waals surface area (Å²) in [6.07, 6.45) is 0. The Labute approximate surface area is 515 Å². The van der Waals surface area contributed by atoms with E-state index in [9.17, 15) is 0 Å². The fraction of sp³-hybridized carbons (Fsp3) is 0.0233. The minimum absolute atomic E-state index is 0.449. The highest BCUT2D eigenvalue weighted by molar-refractivity contribution is 7.22. The van der Waals surface area contributed by atoms with Crippen molar-refractivity contribution in [2.75, 3.05) is 4.90 Å². The second-order valence-corrected chi connectivity index (χ2v) is 27.8. The molecule has 14 aromatic carbocycles. The van der Waals surface area contributed by atoms with Crippen LogP contribution < -0.4 is 25.6 Å². The molecule has 1 spiro atoms. The summed E-state index contributed by atoms with van der Waals surface area (Å²) in [6.45, 7) is 0. The van der Waals surface area contributed by atoms with E-state index in [2.05, 4.69) is 351 Å². The second kappa shape index (κ2) is 19.6. The van der Waals surface area contributed by atoms with Crippen LogP contribution in [-0.2, 0) is 10.8 Å². The molecule has 0 amide bonds. The van der Waals surface area contributed by atoms with Gasteiger partial charge in [-0.05, 0) is 174 Å². The number of hydrogen-bond acceptors (Lipinski definition) is 1. The third kappa shape index (κ3) is 6.92. The van der Waals surface area contributed by atoms with E-state index in [1.165, 1.54) is 132 Å². The first kappa shape index (κ1) is 50.4. The highest BCUT2D eigenvalue weighted by Crippen LogP contribution is 2.63. The fourth-order valence-corrected chi connectivity index (χ4v) is 21.9. The van der Waals surface area contributed by atoms with Crippen molar-refractivity contribution < 1.29 is 0 Å². The van der Waals surface area contributed by atoms with Gasteiger partial charge in [0.1, 0.15) is 0 Å². The summed E-state index contributed by atoms with van der Waals surface area (Å²) in [5, 5.41) is 5.56. The molecular formula is C86H57NSi. The smallest absolute Gasteiger partial charge is 0.180 e. The van der Waals surface area contributed by atoms with Crippen LogP contribution in [0, 0.1) is 0 Å². The molecule has 3 aliphatic carbocycles. The van der Waals surface area contributed by atoms with Crippen molar-refractivity contribution in [1.82, 2.24) is 0 Å². The van der Waals surface area contributed by atoms with E-state index in [1.54, 1.807) is 0 Å². The van der Waals surface area contributed by atoms with Gasteiger partial charge in [-0.15, -0.1) is 0 Å². The number of hydrogen-bond donors (Lipinski definition) is 0. The summed E-state index contributed by atoms with van der Waals surface area (Å²) < 4.78 is 0. The maximum Gasteiger partial charge on any atom is 0.180 e. The van der Waals surface area contributed by atoms with Crippen molar-refractivity contribution in [3.8, 4) is 66.8 Å². The van der Waals surface area contributed by atoms with Gasteiger partial charge in [-0.2, -0.15) is 0 Å². The second-order valence-electron chi connectivity index (χ2n) is 24.1. The lowest BCUT2D eigenvalue weighted by atomic mass is 9.67. The third-order valence-corrected chi connectivity index (χ3v) is 24.9. The van der Waals surface area contributed by atoms with Crippen molar-refractivity contribution in [3.63, 3.8) is 0 Å². The van der Waals surface area contributed by atoms with E-state index in [0.717, 1.165) is 17.1 Å². The number of anilines is 3. The molecule has 0 N–H and O–H groups in total. The highest BCUT2D eigenvalue weighted by atomic mass is 28.3. The third-order valence-electron chi connectivity index (χ3n) is 20.1. The first-order valence-corrected chi connectivity index (χ1v) is 32.8. The fourth-order valence-electron chi connectivity index (χ4n) is 16.6. The molecule has 2 heteroatoms. The van der Waals surface area contributed by atoms with Crippen LogP contribution in [-0.4, -0.2) is 8.07 Å². The van der Waals surface area contributed by atoms with Crippen LogP contribution in [0.5, 0.6) is 0 Å². The summed E-state index contributed by atoms with van der Waals surface area (Å²) in [7, 11) is -3.00. The zero-order chi connectivity index (χ0) is 58.0. The summed E-state index contributed by atoms with van der Waals surface area (Å²) in [5.41, 5.74) is 28.1. The molecule has 0 aromatic heterocycles. The molecular weight excluding hydrogens is 1080 g/mol. The first-order valence-electron chi connectivity index (χ1n) is 30.8. The van der Waals surface area contributed by atoms with Gasteiger partial charge >= 0.3 is 0 Å². The molecule has 18 rings (SSSR count). The number of rotatable bonds is 9. The number of nitrogens with zero attached hydrogens (tertiary/aromatic N) is 1. The standard InChI is InChI=1S/C86H57NSi/c1-5-25-59(26-6-1)68-40-24-46-83-84(68)74-39-17-22-45-82(74)88(83,66-32-11-4-12-33-66)67-34-23-31-64(56-67)87(65-52-54-80-75(57-65)72-38-16-21-44-79(72)86(80)77-42-19-14-35-69(77)70-36-15-20-43-78(70)86)63-50-47-58(48-51-63)60-49-53-73-71-37-13-18-41-76(71)85(81(73)55-60,61-27-7-2-8-28-61)62-29-9-3-10-30-62/h1-57H. The molecule has 1 atom stereocenters. The number of benzene rings is 14. The summed E-state index contributed by atoms with van der Waals surface area (Å²) in [6, 6.07) is 131. The van der Waals surface area contributed by atoms with Crippen LogP contribution in [0.25, 0.3) is 66.8 Å². The highest BCUT2D eigenvalue weighted by Gasteiger charge is 2.53. The Morgan fingerprint density at radius 3 is 1.27 bits per heavy atom. The lowest BCUT2D eigenvalue weighted by molar-refractivity contribution is 0.769. The number of fused-ring (bicyclic) bond motifs is 16. The van der Waals surface area contributed by atoms with Gasteiger partial charge in [0.25, 0.3) is 0 Å². The van der Waals surface area contributed by atoms with E-state index in [0.29, 0.717) is 0 Å². The van der Waals surface area contributed by atoms with Gasteiger partial charge in [0.2, 0.25) is 0 Å². The zero-order valence-electron chi connectivity index (χ0n) is 48.4. The normalized spacial score (nSPS) is 15.3. The minimum Gasteiger partial charge on any atom is -0.310 e. The van der Waals surface area contributed by atoms with Crippen LogP contribution in [0.4, 0.5) is 17.1 Å². The Bertz CT molecular complexity index is 5000. The SMILES string of the molecule is c1ccc(-c2cccc3c2-c2ccccc2[Si]3(c2ccccc2)c2cccc(N(c3ccc(-c4ccc5c(c4)C(c4ccccc4)(c4ccccc4)c4ccccc4-5)cc3)c3ccc4c(c3)-c3ccccc3C43c4ccccc4-c4ccccc43)c2)cc1. The Morgan fingerprint density at radius 2 is 0.648 bits per heavy atom. The zero-order valence-corrected chi connectivity index (χ0v) is 49.4. The summed E-state index contributed by atoms with van der Waals surface area (Å²) in [5.74, 6) is 0. The molecule has 1 aliphatic heterocycles. The van der Waals surface area contributed by atoms with Crippen LogP contribution in [0.1, 0.15) is 44.5 Å². The molecule has 14 aromatic rings. The Morgan fingerprint density at radius 1 is 0.216 bits per heavy atom. The van der Waals surface area contributed by atoms with Gasteiger partial charge < -0.3 is 4.90 Å². The van der Waals surface area contributed by atoms with Gasteiger partial charge in [0.05, 0.1) is 10.8 Å². The Kier molecular flexibility index (Phi) is 11.2. The summed E-state index contributed by atoms with van der Waals surface area (Å²) in [4.78, 5) is 2.53. The largest absolute Gasteiger partial charge is 0.310 e. The van der Waals surface area contributed by atoms with E-state index in [4.69, 9.17) is 0 Å². The molecule has 0 saturated heterocycles. The Hall–Kier alpha value is -10.9. The van der Waals surface area contributed by atoms with Gasteiger partial charge in [-0.3, -0.25) is 0 Å². The van der Waals surface area contributed by atoms with E-state index in [1.807, 2.05) is 0 Å². The molecule has 1 heterocycles. The summed E-state index contributed by atoms with van der Waals surface area (Å²) >= 11 is 0. The average molecular weight is 1130 g/mol. The van der Waals surface area contributed by atoms with Gasteiger partial charge in [0.15, 0.2) is 8.07 Å². The first-order chi connectivity index (χ1) is 43.7. The average Bonchev–Trinajstić information content (AvgIpc) is 1.62. The van der Waals surface area contributed by atoms with Crippen LogP contribution >= 0.6 is 0 Å². The van der Waals surface area contributed by atoms with Crippen LogP contribution in [0.2, 0.25) is 0 Å². The van der Waals surface area contributed by atoms with Gasteiger partial charge in [0, 0.05) is 17.1 Å². The minimum atomic E-state index is -3.00. The maximum absolute atomic E-state index is 3.00. The predicted octanol–water partition coefficient (Wildman–Crippen LogP) is 18.6. The maximum atomic E-state index is 2.55. The van der Waals surface area contributed by atoms with Crippen molar-refractivity contribution in [1.29, 1.82) is 0 Å². The topological polar surface area (TPSA) is 3.24 Å².